The van der Waals surface area contributed by atoms with E-state index < -0.39 is 6.10 Å². The van der Waals surface area contributed by atoms with E-state index in [1.807, 2.05) is 0 Å². The summed E-state index contributed by atoms with van der Waals surface area (Å²) in [6, 6.07) is 0. The van der Waals surface area contributed by atoms with Gasteiger partial charge in [0, 0.05) is 19.4 Å². The van der Waals surface area contributed by atoms with Gasteiger partial charge in [-0.1, -0.05) is 196 Å². The first-order valence-corrected chi connectivity index (χ1v) is 24.5. The minimum atomic E-state index is -0.559. The molecule has 334 valence electrons. The van der Waals surface area contributed by atoms with Crippen molar-refractivity contribution in [2.45, 2.75) is 232 Å². The molecule has 0 aromatic carbocycles. The van der Waals surface area contributed by atoms with Gasteiger partial charge in [0.25, 0.3) is 0 Å². The molecule has 0 aliphatic carbocycles. The molecule has 0 heterocycles. The second-order valence-corrected chi connectivity index (χ2v) is 16.0. The van der Waals surface area contributed by atoms with Gasteiger partial charge in [-0.05, 0) is 89.9 Å². The van der Waals surface area contributed by atoms with Gasteiger partial charge in [-0.15, -0.1) is 0 Å². The van der Waals surface area contributed by atoms with Gasteiger partial charge >= 0.3 is 11.9 Å². The van der Waals surface area contributed by atoms with Crippen LogP contribution >= 0.6 is 0 Å². The van der Waals surface area contributed by atoms with E-state index in [2.05, 4.69) is 93.7 Å². The topological polar surface area (TPSA) is 61.8 Å². The summed E-state index contributed by atoms with van der Waals surface area (Å²) in [6.07, 6.45) is 61.9. The van der Waals surface area contributed by atoms with Gasteiger partial charge in [0.2, 0.25) is 0 Å². The molecule has 0 aliphatic rings. The maximum atomic E-state index is 12.7. The van der Waals surface area contributed by atoms with E-state index in [1.54, 1.807) is 0 Å². The first-order chi connectivity index (χ1) is 28.6. The lowest BCUT2D eigenvalue weighted by Crippen LogP contribution is -2.30. The summed E-state index contributed by atoms with van der Waals surface area (Å²) in [4.78, 5) is 25.3. The average molecular weight is 809 g/mol. The lowest BCUT2D eigenvalue weighted by molar-refractivity contribution is -0.163. The maximum absolute atomic E-state index is 12.7. The molecule has 0 aromatic heterocycles. The Morgan fingerprint density at radius 3 is 1.31 bits per heavy atom. The highest BCUT2D eigenvalue weighted by Gasteiger charge is 2.17. The Kier molecular flexibility index (Phi) is 46.5. The highest BCUT2D eigenvalue weighted by Crippen LogP contribution is 2.13. The molecule has 0 saturated heterocycles. The van der Waals surface area contributed by atoms with Crippen LogP contribution in [0.25, 0.3) is 0 Å². The number of rotatable bonds is 44. The highest BCUT2D eigenvalue weighted by atomic mass is 16.6. The van der Waals surface area contributed by atoms with E-state index in [1.165, 1.54) is 109 Å². The molecule has 0 aliphatic heterocycles. The minimum absolute atomic E-state index is 0.0637. The molecule has 0 radical (unpaired) electrons. The van der Waals surface area contributed by atoms with Crippen molar-refractivity contribution in [2.24, 2.45) is 0 Å². The molecule has 0 fully saturated rings. The number of carbonyl (C=O) groups is 2. The summed E-state index contributed by atoms with van der Waals surface area (Å²) in [5.41, 5.74) is 0. The maximum Gasteiger partial charge on any atom is 0.306 e. The van der Waals surface area contributed by atoms with Crippen LogP contribution in [0.4, 0.5) is 0 Å². The molecular formula is C53H92O5. The molecule has 0 bridgehead atoms. The van der Waals surface area contributed by atoms with Gasteiger partial charge in [-0.2, -0.15) is 0 Å². The summed E-state index contributed by atoms with van der Waals surface area (Å²) in [5.74, 6) is -0.452. The van der Waals surface area contributed by atoms with Crippen molar-refractivity contribution < 1.29 is 23.8 Å². The monoisotopic (exact) mass is 809 g/mol. The van der Waals surface area contributed by atoms with Gasteiger partial charge in [0.1, 0.15) is 6.61 Å². The molecule has 0 amide bonds. The first kappa shape index (κ1) is 55.3. The van der Waals surface area contributed by atoms with Crippen molar-refractivity contribution in [2.75, 3.05) is 19.8 Å². The Morgan fingerprint density at radius 2 is 0.776 bits per heavy atom. The zero-order valence-electron chi connectivity index (χ0n) is 38.3. The van der Waals surface area contributed by atoms with Crippen LogP contribution in [0, 0.1) is 0 Å². The standard InChI is InChI=1S/C53H92O5/c1-4-7-10-13-16-19-22-24-26-27-29-30-32-34-37-40-43-46-52(54)57-50-51(49-56-48-45-42-39-36-21-18-15-12-9-6-3)58-53(55)47-44-41-38-35-33-31-28-25-23-20-17-14-11-8-5-2/h8,11,16-17,19-20,24-26,28,33,35,51H,4-7,9-10,12-15,18,21-23,27,29-32,34,36-50H2,1-3H3/b11-8-,19-16-,20-17-,26-24-,28-25-,35-33-. The van der Waals surface area contributed by atoms with E-state index in [0.717, 1.165) is 83.5 Å². The molecule has 58 heavy (non-hydrogen) atoms. The van der Waals surface area contributed by atoms with Gasteiger partial charge in [0.05, 0.1) is 6.61 Å². The fraction of sp³-hybridized carbons (Fsp3) is 0.736. The Hall–Kier alpha value is -2.66. The molecular weight excluding hydrogens is 717 g/mol. The Morgan fingerprint density at radius 1 is 0.397 bits per heavy atom. The van der Waals surface area contributed by atoms with E-state index in [0.29, 0.717) is 19.4 Å². The van der Waals surface area contributed by atoms with E-state index >= 15 is 0 Å². The molecule has 1 atom stereocenters. The number of ether oxygens (including phenoxy) is 3. The fourth-order valence-electron chi connectivity index (χ4n) is 6.59. The van der Waals surface area contributed by atoms with E-state index in [4.69, 9.17) is 14.2 Å². The van der Waals surface area contributed by atoms with Crippen LogP contribution in [0.1, 0.15) is 226 Å². The van der Waals surface area contributed by atoms with Crippen LogP contribution in [-0.4, -0.2) is 37.9 Å². The predicted molar refractivity (Wildman–Crippen MR) is 251 cm³/mol. The number of hydrogen-bond donors (Lipinski definition) is 0. The molecule has 1 unspecified atom stereocenters. The van der Waals surface area contributed by atoms with Crippen LogP contribution < -0.4 is 0 Å². The van der Waals surface area contributed by atoms with E-state index in [-0.39, 0.29) is 25.2 Å². The molecule has 0 aromatic rings. The third-order valence-electron chi connectivity index (χ3n) is 10.2. The van der Waals surface area contributed by atoms with Crippen LogP contribution in [0.15, 0.2) is 72.9 Å². The molecule has 0 rings (SSSR count). The minimum Gasteiger partial charge on any atom is -0.462 e. The molecule has 0 N–H and O–H groups in total. The quantitative estimate of drug-likeness (QED) is 0.0348. The van der Waals surface area contributed by atoms with Crippen molar-refractivity contribution in [3.8, 4) is 0 Å². The fourth-order valence-corrected chi connectivity index (χ4v) is 6.59. The summed E-state index contributed by atoms with van der Waals surface area (Å²) in [5, 5.41) is 0. The average Bonchev–Trinajstić information content (AvgIpc) is 3.22. The SMILES string of the molecule is CC/C=C\C/C=C\C/C=C\C/C=C\CCCCC(=O)OC(COCCCCCCCCCCCC)COC(=O)CCCCCCCCC/C=C\C/C=C\CCCCC. The number of carbonyl (C=O) groups excluding carboxylic acids is 2. The van der Waals surface area contributed by atoms with E-state index in [9.17, 15) is 9.59 Å². The normalized spacial score (nSPS) is 12.8. The third-order valence-corrected chi connectivity index (χ3v) is 10.2. The zero-order valence-corrected chi connectivity index (χ0v) is 38.3. The second kappa shape index (κ2) is 48.7. The summed E-state index contributed by atoms with van der Waals surface area (Å²) in [6.45, 7) is 7.64. The van der Waals surface area contributed by atoms with Crippen molar-refractivity contribution in [3.05, 3.63) is 72.9 Å². The summed E-state index contributed by atoms with van der Waals surface area (Å²) in [7, 11) is 0. The summed E-state index contributed by atoms with van der Waals surface area (Å²) < 4.78 is 17.3. The van der Waals surface area contributed by atoms with Gasteiger partial charge < -0.3 is 14.2 Å². The van der Waals surface area contributed by atoms with Crippen LogP contribution in [-0.2, 0) is 23.8 Å². The van der Waals surface area contributed by atoms with Crippen LogP contribution in [0.2, 0.25) is 0 Å². The number of esters is 2. The number of allylic oxidation sites excluding steroid dienone is 12. The Balaban J connectivity index is 4.30. The van der Waals surface area contributed by atoms with Gasteiger partial charge in [0.15, 0.2) is 6.10 Å². The smallest absolute Gasteiger partial charge is 0.306 e. The number of unbranched alkanes of at least 4 members (excludes halogenated alkanes) is 21. The lowest BCUT2D eigenvalue weighted by Gasteiger charge is -2.18. The zero-order chi connectivity index (χ0) is 42.1. The van der Waals surface area contributed by atoms with Gasteiger partial charge in [-0.3, -0.25) is 9.59 Å². The molecule has 5 heteroatoms. The highest BCUT2D eigenvalue weighted by molar-refractivity contribution is 5.70. The van der Waals surface area contributed by atoms with Crippen molar-refractivity contribution in [3.63, 3.8) is 0 Å². The van der Waals surface area contributed by atoms with Crippen LogP contribution in [0.3, 0.4) is 0 Å². The van der Waals surface area contributed by atoms with Crippen molar-refractivity contribution in [1.82, 2.24) is 0 Å². The summed E-state index contributed by atoms with van der Waals surface area (Å²) >= 11 is 0. The lowest BCUT2D eigenvalue weighted by atomic mass is 10.1. The molecule has 5 nitrogen and oxygen atoms in total. The largest absolute Gasteiger partial charge is 0.462 e. The first-order valence-electron chi connectivity index (χ1n) is 24.5. The van der Waals surface area contributed by atoms with Crippen molar-refractivity contribution >= 4 is 11.9 Å². The molecule has 0 saturated carbocycles. The Bertz CT molecular complexity index is 1050. The molecule has 0 spiro atoms. The third kappa shape index (κ3) is 46.0. The van der Waals surface area contributed by atoms with Crippen LogP contribution in [0.5, 0.6) is 0 Å². The Labute approximate surface area is 359 Å². The second-order valence-electron chi connectivity index (χ2n) is 16.0. The predicted octanol–water partition coefficient (Wildman–Crippen LogP) is 16.3. The number of hydrogen-bond acceptors (Lipinski definition) is 5. The van der Waals surface area contributed by atoms with Crippen molar-refractivity contribution in [1.29, 1.82) is 0 Å². The van der Waals surface area contributed by atoms with Gasteiger partial charge in [-0.25, -0.2) is 0 Å².